The Hall–Kier alpha value is -2.23. The molecule has 1 N–H and O–H groups in total. The first-order valence-electron chi connectivity index (χ1n) is 18.4. The van der Waals surface area contributed by atoms with Crippen LogP contribution in [0.4, 0.5) is 4.39 Å². The summed E-state index contributed by atoms with van der Waals surface area (Å²) < 4.78 is 14.9. The maximum Gasteiger partial charge on any atom is 0.254 e. The van der Waals surface area contributed by atoms with Crippen LogP contribution >= 0.6 is 0 Å². The third kappa shape index (κ3) is 5.29. The Labute approximate surface area is 272 Å². The topological polar surface area (TPSA) is 42.0 Å². The number of hydrogen-bond donors (Lipinski definition) is 1. The van der Waals surface area contributed by atoms with Gasteiger partial charge in [0.1, 0.15) is 5.82 Å². The largest absolute Gasteiger partial charge is 0.346 e. The van der Waals surface area contributed by atoms with Gasteiger partial charge in [0, 0.05) is 6.20 Å². The van der Waals surface area contributed by atoms with Crippen LogP contribution in [0.15, 0.2) is 36.5 Å². The van der Waals surface area contributed by atoms with Crippen molar-refractivity contribution in [2.24, 2.45) is 51.2 Å². The zero-order valence-electron chi connectivity index (χ0n) is 28.7. The van der Waals surface area contributed by atoms with Gasteiger partial charge in [-0.05, 0) is 165 Å². The molecule has 5 aliphatic rings. The van der Waals surface area contributed by atoms with E-state index >= 15 is 0 Å². The molecule has 3 nitrogen and oxygen atoms in total. The quantitative estimate of drug-likeness (QED) is 0.353. The number of fused-ring (bicyclic) bond motifs is 7. The molecule has 0 spiro atoms. The van der Waals surface area contributed by atoms with Gasteiger partial charge >= 0.3 is 0 Å². The van der Waals surface area contributed by atoms with Crippen molar-refractivity contribution in [2.75, 3.05) is 0 Å². The molecule has 1 amide bonds. The summed E-state index contributed by atoms with van der Waals surface area (Å²) in [6, 6.07) is 9.12. The summed E-state index contributed by atoms with van der Waals surface area (Å²) in [5, 5.41) is 2.88. The van der Waals surface area contributed by atoms with E-state index in [1.807, 2.05) is 31.2 Å². The number of nitrogens with one attached hydrogen (secondary N) is 1. The van der Waals surface area contributed by atoms with Gasteiger partial charge in [0.25, 0.3) is 5.91 Å². The lowest BCUT2D eigenvalue weighted by molar-refractivity contribution is -0.195. The smallest absolute Gasteiger partial charge is 0.254 e. The van der Waals surface area contributed by atoms with Gasteiger partial charge in [0.2, 0.25) is 0 Å². The van der Waals surface area contributed by atoms with Crippen LogP contribution in [0.25, 0.3) is 0 Å². The van der Waals surface area contributed by atoms with Crippen molar-refractivity contribution in [3.63, 3.8) is 0 Å². The van der Waals surface area contributed by atoms with Gasteiger partial charge in [0.15, 0.2) is 0 Å². The average Bonchev–Trinajstić information content (AvgIpc) is 3.44. The van der Waals surface area contributed by atoms with Crippen molar-refractivity contribution >= 4 is 5.91 Å². The molecule has 8 atom stereocenters. The molecule has 1 aromatic carbocycles. The molecule has 45 heavy (non-hydrogen) atoms. The summed E-state index contributed by atoms with van der Waals surface area (Å²) in [6.45, 7) is 12.9. The van der Waals surface area contributed by atoms with Gasteiger partial charge in [-0.1, -0.05) is 52.7 Å². The normalized spacial score (nSPS) is 38.4. The molecule has 0 bridgehead atoms. The molecular weight excluding hydrogens is 555 g/mol. The lowest BCUT2D eigenvalue weighted by atomic mass is 9.36. The summed E-state index contributed by atoms with van der Waals surface area (Å²) in [5.74, 6) is 3.59. The van der Waals surface area contributed by atoms with E-state index in [9.17, 15) is 9.18 Å². The van der Waals surface area contributed by atoms with Crippen LogP contribution in [0.5, 0.6) is 0 Å². The maximum absolute atomic E-state index is 14.9. The Morgan fingerprint density at radius 3 is 2.51 bits per heavy atom. The predicted octanol–water partition coefficient (Wildman–Crippen LogP) is 10.2. The van der Waals surface area contributed by atoms with Crippen LogP contribution in [0, 0.1) is 64.0 Å². The van der Waals surface area contributed by atoms with Gasteiger partial charge in [-0.15, -0.1) is 0 Å². The molecule has 0 saturated heterocycles. The number of benzene rings is 1. The molecule has 2 aromatic rings. The molecule has 5 saturated carbocycles. The van der Waals surface area contributed by atoms with Gasteiger partial charge in [-0.25, -0.2) is 4.39 Å². The number of amides is 1. The highest BCUT2D eigenvalue weighted by molar-refractivity contribution is 5.94. The summed E-state index contributed by atoms with van der Waals surface area (Å²) in [7, 11) is 0. The highest BCUT2D eigenvalue weighted by Crippen LogP contribution is 2.73. The Morgan fingerprint density at radius 2 is 1.71 bits per heavy atom. The summed E-state index contributed by atoms with van der Waals surface area (Å²) >= 11 is 0. The van der Waals surface area contributed by atoms with E-state index < -0.39 is 5.82 Å². The van der Waals surface area contributed by atoms with E-state index in [0.29, 0.717) is 28.2 Å². The molecular formula is C41H57FN2O. The molecule has 1 heterocycles. The van der Waals surface area contributed by atoms with Crippen molar-refractivity contribution in [2.45, 2.75) is 131 Å². The minimum atomic E-state index is -0.444. The number of carbonyl (C=O) groups excluding carboxylic acids is 1. The van der Waals surface area contributed by atoms with Crippen LogP contribution in [0.3, 0.4) is 0 Å². The summed E-state index contributed by atoms with van der Waals surface area (Å²) in [4.78, 5) is 17.4. The molecule has 5 fully saturated rings. The van der Waals surface area contributed by atoms with Crippen molar-refractivity contribution in [3.8, 4) is 0 Å². The second-order valence-electron chi connectivity index (χ2n) is 17.6. The Kier molecular flexibility index (Phi) is 8.00. The number of aromatic nitrogens is 1. The van der Waals surface area contributed by atoms with Gasteiger partial charge in [-0.2, -0.15) is 0 Å². The van der Waals surface area contributed by atoms with Crippen LogP contribution < -0.4 is 5.32 Å². The van der Waals surface area contributed by atoms with Crippen LogP contribution in [0.2, 0.25) is 0 Å². The summed E-state index contributed by atoms with van der Waals surface area (Å²) in [5.41, 5.74) is 5.05. The van der Waals surface area contributed by atoms with E-state index in [4.69, 9.17) is 0 Å². The van der Waals surface area contributed by atoms with Gasteiger partial charge in [0.05, 0.1) is 17.8 Å². The molecule has 8 unspecified atom stereocenters. The fourth-order valence-electron chi connectivity index (χ4n) is 13.1. The summed E-state index contributed by atoms with van der Waals surface area (Å²) in [6.07, 6.45) is 20.9. The third-order valence-corrected chi connectivity index (χ3v) is 15.0. The molecule has 0 radical (unpaired) electrons. The number of halogens is 1. The second kappa shape index (κ2) is 11.5. The van der Waals surface area contributed by atoms with Gasteiger partial charge in [-0.3, -0.25) is 9.78 Å². The minimum Gasteiger partial charge on any atom is -0.346 e. The van der Waals surface area contributed by atoms with Crippen molar-refractivity contribution in [1.29, 1.82) is 0 Å². The lowest BCUT2D eigenvalue weighted by Crippen LogP contribution is -2.61. The average molecular weight is 613 g/mol. The molecule has 244 valence electrons. The zero-order chi connectivity index (χ0) is 31.6. The Bertz CT molecular complexity index is 1420. The molecule has 5 aliphatic carbocycles. The van der Waals surface area contributed by atoms with E-state index in [0.717, 1.165) is 52.8 Å². The highest BCUT2D eigenvalue weighted by atomic mass is 19.1. The van der Waals surface area contributed by atoms with Crippen molar-refractivity contribution in [1.82, 2.24) is 10.3 Å². The Balaban J connectivity index is 1.04. The molecule has 1 aromatic heterocycles. The first-order valence-corrected chi connectivity index (χ1v) is 18.4. The fraction of sp³-hybridized carbons (Fsp3) is 0.707. The third-order valence-electron chi connectivity index (χ3n) is 15.0. The number of rotatable bonds is 6. The fourth-order valence-corrected chi connectivity index (χ4v) is 13.1. The van der Waals surface area contributed by atoms with Gasteiger partial charge < -0.3 is 5.32 Å². The number of pyridine rings is 1. The van der Waals surface area contributed by atoms with Crippen molar-refractivity contribution in [3.05, 3.63) is 64.7 Å². The molecule has 4 heteroatoms. The predicted molar refractivity (Wildman–Crippen MR) is 180 cm³/mol. The van der Waals surface area contributed by atoms with E-state index in [1.165, 1.54) is 89.5 Å². The maximum atomic E-state index is 14.9. The number of carbonyl (C=O) groups is 1. The number of aryl methyl sites for hydroxylation is 2. The van der Waals surface area contributed by atoms with Crippen LogP contribution in [-0.4, -0.2) is 10.9 Å². The lowest BCUT2D eigenvalue weighted by Gasteiger charge is -2.68. The zero-order valence-corrected chi connectivity index (χ0v) is 28.7. The highest BCUT2D eigenvalue weighted by Gasteiger charge is 2.65. The van der Waals surface area contributed by atoms with Crippen LogP contribution in [0.1, 0.15) is 138 Å². The second-order valence-corrected chi connectivity index (χ2v) is 17.6. The van der Waals surface area contributed by atoms with E-state index in [-0.39, 0.29) is 11.5 Å². The first-order chi connectivity index (χ1) is 21.5. The van der Waals surface area contributed by atoms with E-state index in [1.54, 1.807) is 6.20 Å². The number of hydrogen-bond acceptors (Lipinski definition) is 2. The standard InChI is InChI=1S/C41H57FN2O/c1-27-9-11-29(43-25-27)26-44-37(45)31-24-28(10-13-34(31)42)15-22-41-20-6-8-33(41)30-12-14-36-39(4,32(30)16-23-41)21-17-35-38(2,3)18-7-19-40(35,36)5/h9-11,13,24-25,30,32-33,35-36H,6-8,12,14-23,26H2,1-5H3,(H,44,45). The molecule has 7 rings (SSSR count). The SMILES string of the molecule is Cc1ccc(CNC(=O)c2cc(CCC34CCCC3C3CCC5C(C)(CCC6C(C)(C)CCCC65C)C3CC4)ccc2F)nc1. The Morgan fingerprint density at radius 1 is 0.867 bits per heavy atom. The van der Waals surface area contributed by atoms with Crippen LogP contribution in [-0.2, 0) is 13.0 Å². The van der Waals surface area contributed by atoms with E-state index in [2.05, 4.69) is 38.0 Å². The first kappa shape index (κ1) is 31.4. The number of nitrogens with zero attached hydrogens (tertiary/aromatic N) is 1. The minimum absolute atomic E-state index is 0.157. The molecule has 0 aliphatic heterocycles. The monoisotopic (exact) mass is 612 g/mol. The van der Waals surface area contributed by atoms with Crippen molar-refractivity contribution < 1.29 is 9.18 Å².